The molecule has 0 aromatic rings. The Hall–Kier alpha value is -1.35. The van der Waals surface area contributed by atoms with Crippen LogP contribution in [0.25, 0.3) is 0 Å². The molecule has 2 atom stereocenters. The van der Waals surface area contributed by atoms with Gasteiger partial charge in [0.25, 0.3) is 0 Å². The van der Waals surface area contributed by atoms with Crippen LogP contribution in [0.1, 0.15) is 40.5 Å². The average Bonchev–Trinajstić information content (AvgIpc) is 2.37. The van der Waals surface area contributed by atoms with Crippen LogP contribution in [0.4, 0.5) is 0 Å². The van der Waals surface area contributed by atoms with Crippen LogP contribution in [-0.4, -0.2) is 29.0 Å². The van der Waals surface area contributed by atoms with Crippen LogP contribution in [0.2, 0.25) is 0 Å². The third kappa shape index (κ3) is 6.30. The van der Waals surface area contributed by atoms with Crippen molar-refractivity contribution in [3.8, 4) is 6.07 Å². The van der Waals surface area contributed by atoms with Crippen LogP contribution >= 0.6 is 15.9 Å². The first-order chi connectivity index (χ1) is 9.70. The number of ether oxygens (including phenoxy) is 2. The molecule has 0 aromatic carbocycles. The highest BCUT2D eigenvalue weighted by atomic mass is 79.9. The summed E-state index contributed by atoms with van der Waals surface area (Å²) in [6.07, 6.45) is 1.54. The Morgan fingerprint density at radius 2 is 1.95 bits per heavy atom. The maximum absolute atomic E-state index is 12.1. The highest BCUT2D eigenvalue weighted by Crippen LogP contribution is 2.26. The zero-order valence-electron chi connectivity index (χ0n) is 12.9. The minimum Gasteiger partial charge on any atom is -0.463 e. The Labute approximate surface area is 134 Å². The molecular formula is C15H22BrNO4. The number of carbonyl (C=O) groups excluding carboxylic acids is 2. The Bertz CT molecular complexity index is 439. The molecule has 0 rings (SSSR count). The highest BCUT2D eigenvalue weighted by molar-refractivity contribution is 9.09. The van der Waals surface area contributed by atoms with Crippen molar-refractivity contribution in [1.29, 1.82) is 5.26 Å². The van der Waals surface area contributed by atoms with Gasteiger partial charge in [-0.25, -0.2) is 4.79 Å². The van der Waals surface area contributed by atoms with Gasteiger partial charge in [0.1, 0.15) is 5.60 Å². The van der Waals surface area contributed by atoms with Crippen molar-refractivity contribution in [3.63, 3.8) is 0 Å². The monoisotopic (exact) mass is 359 g/mol. The van der Waals surface area contributed by atoms with Crippen molar-refractivity contribution in [2.24, 2.45) is 5.92 Å². The number of rotatable bonds is 8. The topological polar surface area (TPSA) is 76.4 Å². The number of nitrogens with zero attached hydrogens (tertiary/aromatic N) is 1. The van der Waals surface area contributed by atoms with Gasteiger partial charge in [0.15, 0.2) is 5.92 Å². The molecule has 21 heavy (non-hydrogen) atoms. The fraction of sp³-hybridized carbons (Fsp3) is 0.667. The lowest BCUT2D eigenvalue weighted by Gasteiger charge is -2.27. The molecule has 0 aliphatic heterocycles. The van der Waals surface area contributed by atoms with E-state index in [2.05, 4.69) is 22.5 Å². The summed E-state index contributed by atoms with van der Waals surface area (Å²) in [4.78, 5) is 22.9. The normalized spacial score (nSPS) is 13.7. The van der Waals surface area contributed by atoms with Crippen LogP contribution in [0, 0.1) is 17.2 Å². The number of nitriles is 1. The van der Waals surface area contributed by atoms with E-state index in [0.717, 1.165) is 6.42 Å². The molecule has 0 N–H and O–H groups in total. The van der Waals surface area contributed by atoms with Gasteiger partial charge in [0.05, 0.1) is 17.5 Å². The SMILES string of the molecule is C=C(C(=O)OCC)C(Br)C(C#N)C(=O)OC(C)(C)CCC. The van der Waals surface area contributed by atoms with Gasteiger partial charge in [-0.1, -0.05) is 35.9 Å². The van der Waals surface area contributed by atoms with E-state index in [1.807, 2.05) is 13.0 Å². The summed E-state index contributed by atoms with van der Waals surface area (Å²) >= 11 is 3.16. The summed E-state index contributed by atoms with van der Waals surface area (Å²) in [7, 11) is 0. The van der Waals surface area contributed by atoms with Crippen LogP contribution in [0.15, 0.2) is 12.2 Å². The summed E-state index contributed by atoms with van der Waals surface area (Å²) in [6, 6.07) is 1.85. The Kier molecular flexibility index (Phi) is 8.26. The van der Waals surface area contributed by atoms with Crippen molar-refractivity contribution in [2.45, 2.75) is 51.0 Å². The molecular weight excluding hydrogens is 338 g/mol. The maximum atomic E-state index is 12.1. The molecule has 0 fully saturated rings. The van der Waals surface area contributed by atoms with E-state index < -0.39 is 28.3 Å². The molecule has 6 heteroatoms. The Balaban J connectivity index is 4.92. The molecule has 0 bridgehead atoms. The molecule has 118 valence electrons. The van der Waals surface area contributed by atoms with Crippen molar-refractivity contribution >= 4 is 27.9 Å². The smallest absolute Gasteiger partial charge is 0.334 e. The van der Waals surface area contributed by atoms with Gasteiger partial charge in [0.2, 0.25) is 0 Å². The number of hydrogen-bond donors (Lipinski definition) is 0. The molecule has 2 unspecified atom stereocenters. The number of halogens is 1. The quantitative estimate of drug-likeness (QED) is 0.378. The van der Waals surface area contributed by atoms with Crippen LogP contribution in [0.5, 0.6) is 0 Å². The average molecular weight is 360 g/mol. The first kappa shape index (κ1) is 19.7. The van der Waals surface area contributed by atoms with Gasteiger partial charge < -0.3 is 9.47 Å². The molecule has 0 spiro atoms. The lowest BCUT2D eigenvalue weighted by atomic mass is 9.99. The maximum Gasteiger partial charge on any atom is 0.334 e. The third-order valence-electron chi connectivity index (χ3n) is 2.79. The van der Waals surface area contributed by atoms with Gasteiger partial charge in [0, 0.05) is 5.57 Å². The van der Waals surface area contributed by atoms with Gasteiger partial charge in [-0.15, -0.1) is 0 Å². The van der Waals surface area contributed by atoms with E-state index in [0.29, 0.717) is 6.42 Å². The number of alkyl halides is 1. The fourth-order valence-electron chi connectivity index (χ4n) is 1.76. The third-order valence-corrected chi connectivity index (χ3v) is 3.87. The van der Waals surface area contributed by atoms with E-state index in [9.17, 15) is 14.9 Å². The number of esters is 2. The van der Waals surface area contributed by atoms with E-state index >= 15 is 0 Å². The highest BCUT2D eigenvalue weighted by Gasteiger charge is 2.35. The first-order valence-electron chi connectivity index (χ1n) is 6.82. The molecule has 0 aliphatic rings. The van der Waals surface area contributed by atoms with E-state index in [1.165, 1.54) is 0 Å². The molecule has 0 amide bonds. The zero-order valence-corrected chi connectivity index (χ0v) is 14.5. The molecule has 0 aliphatic carbocycles. The van der Waals surface area contributed by atoms with E-state index in [4.69, 9.17) is 9.47 Å². The Morgan fingerprint density at radius 1 is 1.38 bits per heavy atom. The minimum atomic E-state index is -1.15. The van der Waals surface area contributed by atoms with Crippen LogP contribution in [0.3, 0.4) is 0 Å². The molecule has 0 radical (unpaired) electrons. The number of carbonyl (C=O) groups is 2. The molecule has 0 saturated heterocycles. The lowest BCUT2D eigenvalue weighted by Crippen LogP contribution is -2.35. The zero-order chi connectivity index (χ0) is 16.6. The Morgan fingerprint density at radius 3 is 2.38 bits per heavy atom. The summed E-state index contributed by atoms with van der Waals surface area (Å²) < 4.78 is 10.2. The predicted molar refractivity (Wildman–Crippen MR) is 82.7 cm³/mol. The second-order valence-electron chi connectivity index (χ2n) is 5.19. The summed E-state index contributed by atoms with van der Waals surface area (Å²) in [5.74, 6) is -2.47. The fourth-order valence-corrected chi connectivity index (χ4v) is 2.29. The first-order valence-corrected chi connectivity index (χ1v) is 7.74. The van der Waals surface area contributed by atoms with E-state index in [1.54, 1.807) is 20.8 Å². The molecule has 5 nitrogen and oxygen atoms in total. The largest absolute Gasteiger partial charge is 0.463 e. The second-order valence-corrected chi connectivity index (χ2v) is 6.17. The van der Waals surface area contributed by atoms with Crippen LogP contribution in [-0.2, 0) is 19.1 Å². The summed E-state index contributed by atoms with van der Waals surface area (Å²) in [6.45, 7) is 11.0. The predicted octanol–water partition coefficient (Wildman–Crippen LogP) is 3.13. The van der Waals surface area contributed by atoms with Gasteiger partial charge in [-0.2, -0.15) is 5.26 Å². The lowest BCUT2D eigenvalue weighted by molar-refractivity contribution is -0.159. The van der Waals surface area contributed by atoms with Crippen molar-refractivity contribution in [2.75, 3.05) is 6.61 Å². The molecule has 0 saturated carbocycles. The van der Waals surface area contributed by atoms with Gasteiger partial charge >= 0.3 is 11.9 Å². The van der Waals surface area contributed by atoms with Crippen molar-refractivity contribution in [3.05, 3.63) is 12.2 Å². The minimum absolute atomic E-state index is 0.0219. The molecule has 0 heterocycles. The van der Waals surface area contributed by atoms with Crippen molar-refractivity contribution < 1.29 is 19.1 Å². The second kappa shape index (κ2) is 8.83. The number of hydrogen-bond acceptors (Lipinski definition) is 5. The standard InChI is InChI=1S/C15H22BrNO4/c1-6-8-15(4,5)21-14(19)11(9-17)12(16)10(3)13(18)20-7-2/h11-12H,3,6-8H2,1-2,4-5H3. The molecule has 0 aromatic heterocycles. The summed E-state index contributed by atoms with van der Waals surface area (Å²) in [5.41, 5.74) is -0.632. The van der Waals surface area contributed by atoms with Gasteiger partial charge in [-0.05, 0) is 27.2 Å². The summed E-state index contributed by atoms with van der Waals surface area (Å²) in [5, 5.41) is 9.18. The van der Waals surface area contributed by atoms with E-state index in [-0.39, 0.29) is 12.2 Å². The van der Waals surface area contributed by atoms with Crippen LogP contribution < -0.4 is 0 Å². The van der Waals surface area contributed by atoms with Gasteiger partial charge in [-0.3, -0.25) is 4.79 Å². The van der Waals surface area contributed by atoms with Crippen molar-refractivity contribution in [1.82, 2.24) is 0 Å².